The van der Waals surface area contributed by atoms with E-state index in [1.165, 1.54) is 0 Å². The van der Waals surface area contributed by atoms with Crippen molar-refractivity contribution in [2.45, 2.75) is 37.4 Å². The standard InChI is InChI=1S/C25H25F3N2O5/c1-24(25(26,27)28,22(33)30-12-15(13-30)10-11-21(31)32)29-23(34)35-14-20-18-8-4-2-6-16(18)17-7-3-5-9-19(17)20/h2-9,15,20H,10-14H2,1H3,(H,29,34)(H,31,32). The number of carbonyl (C=O) groups excluding carboxylic acids is 2. The quantitative estimate of drug-likeness (QED) is 0.608. The molecule has 2 N–H and O–H groups in total. The molecule has 1 aliphatic carbocycles. The predicted molar refractivity (Wildman–Crippen MR) is 120 cm³/mol. The second-order valence-electron chi connectivity index (χ2n) is 9.08. The molecule has 1 saturated heterocycles. The summed E-state index contributed by atoms with van der Waals surface area (Å²) in [6.45, 7) is 0.429. The number of fused-ring (bicyclic) bond motifs is 3. The Morgan fingerprint density at radius 3 is 2.09 bits per heavy atom. The molecule has 2 aromatic carbocycles. The molecule has 0 radical (unpaired) electrons. The van der Waals surface area contributed by atoms with Gasteiger partial charge in [-0.2, -0.15) is 13.2 Å². The van der Waals surface area contributed by atoms with E-state index in [0.717, 1.165) is 27.2 Å². The number of likely N-dealkylation sites (tertiary alicyclic amines) is 1. The number of carboxylic acids is 1. The van der Waals surface area contributed by atoms with Crippen molar-refractivity contribution >= 4 is 18.0 Å². The summed E-state index contributed by atoms with van der Waals surface area (Å²) in [5.41, 5.74) is 0.589. The second-order valence-corrected chi connectivity index (χ2v) is 9.08. The summed E-state index contributed by atoms with van der Waals surface area (Å²) >= 11 is 0. The van der Waals surface area contributed by atoms with E-state index in [2.05, 4.69) is 0 Å². The minimum absolute atomic E-state index is 0.00412. The van der Waals surface area contributed by atoms with Crippen LogP contribution in [0.4, 0.5) is 18.0 Å². The average Bonchev–Trinajstić information content (AvgIpc) is 3.09. The van der Waals surface area contributed by atoms with Gasteiger partial charge in [-0.25, -0.2) is 4.79 Å². The number of alkyl carbamates (subject to hydrolysis) is 1. The number of nitrogens with zero attached hydrogens (tertiary/aromatic N) is 1. The topological polar surface area (TPSA) is 95.9 Å². The Hall–Kier alpha value is -3.56. The number of carboxylic acid groups (broad SMARTS) is 1. The molecule has 4 rings (SSSR count). The third-order valence-electron chi connectivity index (χ3n) is 6.70. The number of alkyl halides is 3. The van der Waals surface area contributed by atoms with Crippen molar-refractivity contribution in [2.24, 2.45) is 5.92 Å². The Labute approximate surface area is 199 Å². The predicted octanol–water partition coefficient (Wildman–Crippen LogP) is 4.17. The third kappa shape index (κ3) is 4.69. The zero-order valence-electron chi connectivity index (χ0n) is 19.0. The fourth-order valence-corrected chi connectivity index (χ4v) is 4.65. The van der Waals surface area contributed by atoms with E-state index in [9.17, 15) is 27.6 Å². The molecule has 35 heavy (non-hydrogen) atoms. The molecule has 2 aromatic rings. The van der Waals surface area contributed by atoms with E-state index >= 15 is 0 Å². The van der Waals surface area contributed by atoms with Gasteiger partial charge < -0.3 is 14.7 Å². The summed E-state index contributed by atoms with van der Waals surface area (Å²) in [4.78, 5) is 36.9. The largest absolute Gasteiger partial charge is 0.481 e. The number of rotatable bonds is 7. The molecular formula is C25H25F3N2O5. The zero-order chi connectivity index (χ0) is 25.4. The van der Waals surface area contributed by atoms with Gasteiger partial charge in [-0.15, -0.1) is 0 Å². The van der Waals surface area contributed by atoms with E-state index in [1.54, 1.807) is 5.32 Å². The number of halogens is 3. The Balaban J connectivity index is 1.42. The van der Waals surface area contributed by atoms with E-state index in [0.29, 0.717) is 6.92 Å². The maximum atomic E-state index is 13.9. The lowest BCUT2D eigenvalue weighted by atomic mass is 9.90. The van der Waals surface area contributed by atoms with E-state index in [-0.39, 0.29) is 44.4 Å². The molecule has 0 saturated carbocycles. The molecule has 7 nitrogen and oxygen atoms in total. The van der Waals surface area contributed by atoms with Gasteiger partial charge in [0.2, 0.25) is 5.54 Å². The average molecular weight is 490 g/mol. The van der Waals surface area contributed by atoms with Crippen molar-refractivity contribution in [2.75, 3.05) is 19.7 Å². The molecule has 0 aromatic heterocycles. The number of hydrogen-bond donors (Lipinski definition) is 2. The number of aliphatic carboxylic acids is 1. The summed E-state index contributed by atoms with van der Waals surface area (Å²) in [5, 5.41) is 10.5. The molecule has 1 heterocycles. The first kappa shape index (κ1) is 24.6. The number of ether oxygens (including phenoxy) is 1. The minimum Gasteiger partial charge on any atom is -0.481 e. The maximum absolute atomic E-state index is 13.9. The summed E-state index contributed by atoms with van der Waals surface area (Å²) < 4.78 is 47.0. The highest BCUT2D eigenvalue weighted by molar-refractivity contribution is 5.91. The van der Waals surface area contributed by atoms with E-state index < -0.39 is 29.7 Å². The van der Waals surface area contributed by atoms with Crippen LogP contribution in [0.25, 0.3) is 11.1 Å². The fraction of sp³-hybridized carbons (Fsp3) is 0.400. The van der Waals surface area contributed by atoms with Crippen LogP contribution >= 0.6 is 0 Å². The van der Waals surface area contributed by atoms with Crippen LogP contribution in [0.5, 0.6) is 0 Å². The minimum atomic E-state index is -5.07. The number of nitrogens with one attached hydrogen (secondary N) is 1. The molecule has 0 bridgehead atoms. The summed E-state index contributed by atoms with van der Waals surface area (Å²) in [7, 11) is 0. The first-order valence-electron chi connectivity index (χ1n) is 11.2. The lowest BCUT2D eigenvalue weighted by molar-refractivity contribution is -0.203. The molecule has 1 unspecified atom stereocenters. The Bertz CT molecular complexity index is 1100. The Morgan fingerprint density at radius 2 is 1.57 bits per heavy atom. The second kappa shape index (κ2) is 9.24. The molecule has 2 amide bonds. The van der Waals surface area contributed by atoms with Crippen LogP contribution in [0.15, 0.2) is 48.5 Å². The lowest BCUT2D eigenvalue weighted by Gasteiger charge is -2.44. The molecule has 186 valence electrons. The molecule has 0 spiro atoms. The third-order valence-corrected chi connectivity index (χ3v) is 6.70. The monoisotopic (exact) mass is 490 g/mol. The van der Waals surface area contributed by atoms with Crippen LogP contribution in [0.1, 0.15) is 36.8 Å². The molecule has 1 atom stereocenters. The SMILES string of the molecule is CC(NC(=O)OCC1c2ccccc2-c2ccccc21)(C(=O)N1CC(CCC(=O)O)C1)C(F)(F)F. The van der Waals surface area contributed by atoms with Crippen molar-refractivity contribution in [1.82, 2.24) is 10.2 Å². The molecular weight excluding hydrogens is 465 g/mol. The Kier molecular flexibility index (Phi) is 6.48. The van der Waals surface area contributed by atoms with Crippen molar-refractivity contribution in [1.29, 1.82) is 0 Å². The maximum Gasteiger partial charge on any atom is 0.420 e. The van der Waals surface area contributed by atoms with Gasteiger partial charge in [-0.1, -0.05) is 48.5 Å². The number of benzene rings is 2. The van der Waals surface area contributed by atoms with Crippen LogP contribution in [0.3, 0.4) is 0 Å². The van der Waals surface area contributed by atoms with Crippen molar-refractivity contribution < 1.29 is 37.4 Å². The van der Waals surface area contributed by atoms with Gasteiger partial charge in [0, 0.05) is 25.4 Å². The highest BCUT2D eigenvalue weighted by Gasteiger charge is 2.60. The molecule has 10 heteroatoms. The number of hydrogen-bond acceptors (Lipinski definition) is 4. The van der Waals surface area contributed by atoms with Crippen molar-refractivity contribution in [3.8, 4) is 11.1 Å². The van der Waals surface area contributed by atoms with Gasteiger partial charge in [0.1, 0.15) is 6.61 Å². The van der Waals surface area contributed by atoms with Gasteiger partial charge in [-0.3, -0.25) is 14.9 Å². The van der Waals surface area contributed by atoms with Crippen LogP contribution < -0.4 is 5.32 Å². The van der Waals surface area contributed by atoms with Crippen LogP contribution in [0, 0.1) is 5.92 Å². The van der Waals surface area contributed by atoms with Crippen LogP contribution in [0.2, 0.25) is 0 Å². The van der Waals surface area contributed by atoms with E-state index in [1.807, 2.05) is 48.5 Å². The first-order chi connectivity index (χ1) is 16.5. The number of amides is 2. The summed E-state index contributed by atoms with van der Waals surface area (Å²) in [6.07, 6.45) is -6.27. The van der Waals surface area contributed by atoms with Gasteiger partial charge in [0.25, 0.3) is 5.91 Å². The highest BCUT2D eigenvalue weighted by atomic mass is 19.4. The van der Waals surface area contributed by atoms with Gasteiger partial charge >= 0.3 is 18.2 Å². The first-order valence-corrected chi connectivity index (χ1v) is 11.2. The normalized spacial score (nSPS) is 17.1. The van der Waals surface area contributed by atoms with Crippen LogP contribution in [-0.2, 0) is 14.3 Å². The molecule has 2 aliphatic rings. The van der Waals surface area contributed by atoms with Gasteiger partial charge in [0.15, 0.2) is 0 Å². The highest BCUT2D eigenvalue weighted by Crippen LogP contribution is 2.44. The summed E-state index contributed by atoms with van der Waals surface area (Å²) in [6, 6.07) is 15.1. The fourth-order valence-electron chi connectivity index (χ4n) is 4.65. The van der Waals surface area contributed by atoms with Crippen LogP contribution in [-0.4, -0.2) is 59.4 Å². The molecule has 1 fully saturated rings. The van der Waals surface area contributed by atoms with Crippen molar-refractivity contribution in [3.05, 3.63) is 59.7 Å². The van der Waals surface area contributed by atoms with E-state index in [4.69, 9.17) is 9.84 Å². The smallest absolute Gasteiger partial charge is 0.420 e. The zero-order valence-corrected chi connectivity index (χ0v) is 19.0. The van der Waals surface area contributed by atoms with Gasteiger partial charge in [-0.05, 0) is 41.5 Å². The summed E-state index contributed by atoms with van der Waals surface area (Å²) in [5.74, 6) is -2.84. The van der Waals surface area contributed by atoms with Crippen molar-refractivity contribution in [3.63, 3.8) is 0 Å². The lowest BCUT2D eigenvalue weighted by Crippen LogP contribution is -2.68. The molecule has 1 aliphatic heterocycles. The Morgan fingerprint density at radius 1 is 1.03 bits per heavy atom. The number of carbonyl (C=O) groups is 3. The van der Waals surface area contributed by atoms with Gasteiger partial charge in [0.05, 0.1) is 0 Å².